The first kappa shape index (κ1) is 16.4. The van der Waals surface area contributed by atoms with Gasteiger partial charge < -0.3 is 28.7 Å². The Labute approximate surface area is 147 Å². The van der Waals surface area contributed by atoms with Crippen LogP contribution in [0.4, 0.5) is 0 Å². The topological polar surface area (TPSA) is 49.3 Å². The van der Waals surface area contributed by atoms with Crippen molar-refractivity contribution in [1.29, 1.82) is 5.26 Å². The number of aliphatic imine (C=N–C) groups is 1. The maximum atomic E-state index is 9.12. The molecule has 1 aromatic heterocycles. The molecular formula is C17H16IN3O. The highest BCUT2D eigenvalue weighted by Crippen LogP contribution is 2.32. The van der Waals surface area contributed by atoms with E-state index in [1.165, 1.54) is 0 Å². The summed E-state index contributed by atoms with van der Waals surface area (Å²) in [6, 6.07) is 13.6. The smallest absolute Gasteiger partial charge is 0.231 e. The van der Waals surface area contributed by atoms with Crippen molar-refractivity contribution in [1.82, 2.24) is 0 Å². The van der Waals surface area contributed by atoms with Crippen molar-refractivity contribution in [3.8, 4) is 11.8 Å². The Kier molecular flexibility index (Phi) is 4.52. The number of nitrogens with zero attached hydrogens (tertiary/aromatic N) is 3. The average Bonchev–Trinajstić information content (AvgIpc) is 2.46. The Morgan fingerprint density at radius 3 is 2.68 bits per heavy atom. The summed E-state index contributed by atoms with van der Waals surface area (Å²) in [6.07, 6.45) is 1.98. The number of fused-ring (bicyclic) bond motifs is 1. The number of nitriles is 1. The molecular weight excluding hydrogens is 389 g/mol. The molecule has 0 atom stereocenters. The van der Waals surface area contributed by atoms with Gasteiger partial charge in [0.1, 0.15) is 18.5 Å². The highest BCUT2D eigenvalue weighted by molar-refractivity contribution is 6.13. The van der Waals surface area contributed by atoms with E-state index in [1.54, 1.807) is 6.07 Å². The lowest BCUT2D eigenvalue weighted by Crippen LogP contribution is -3.00. The van der Waals surface area contributed by atoms with Crippen LogP contribution in [0.2, 0.25) is 0 Å². The maximum Gasteiger partial charge on any atom is 0.231 e. The van der Waals surface area contributed by atoms with E-state index in [1.807, 2.05) is 62.0 Å². The first-order valence-corrected chi connectivity index (χ1v) is 6.78. The number of ether oxygens (including phenoxy) is 1. The number of pyridine rings is 1. The average molecular weight is 405 g/mol. The maximum absolute atomic E-state index is 9.12. The molecule has 0 aliphatic carbocycles. The molecule has 0 saturated heterocycles. The summed E-state index contributed by atoms with van der Waals surface area (Å²) in [6.45, 7) is 3.86. The summed E-state index contributed by atoms with van der Waals surface area (Å²) in [5.41, 5.74) is 2.67. The van der Waals surface area contributed by atoms with Crippen LogP contribution in [0, 0.1) is 11.3 Å². The van der Waals surface area contributed by atoms with E-state index in [9.17, 15) is 0 Å². The molecule has 4 nitrogen and oxygen atoms in total. The highest BCUT2D eigenvalue weighted by atomic mass is 127. The lowest BCUT2D eigenvalue weighted by atomic mass is 10.00. The van der Waals surface area contributed by atoms with E-state index >= 15 is 0 Å². The molecule has 0 amide bonds. The summed E-state index contributed by atoms with van der Waals surface area (Å²) in [5, 5.41) is 9.12. The van der Waals surface area contributed by atoms with Crippen molar-refractivity contribution >= 4 is 5.71 Å². The molecule has 2 aromatic rings. The molecule has 0 radical (unpaired) electrons. The van der Waals surface area contributed by atoms with Crippen LogP contribution in [0.5, 0.6) is 5.75 Å². The number of benzene rings is 1. The van der Waals surface area contributed by atoms with Crippen molar-refractivity contribution in [2.75, 3.05) is 0 Å². The van der Waals surface area contributed by atoms with Crippen LogP contribution < -0.4 is 33.3 Å². The first-order valence-electron chi connectivity index (χ1n) is 6.78. The lowest BCUT2D eigenvalue weighted by Gasteiger charge is -2.29. The van der Waals surface area contributed by atoms with Gasteiger partial charge in [-0.15, -0.1) is 0 Å². The van der Waals surface area contributed by atoms with Crippen LogP contribution in [-0.2, 0) is 7.05 Å². The van der Waals surface area contributed by atoms with Gasteiger partial charge in [0.25, 0.3) is 0 Å². The molecule has 5 heteroatoms. The first-order chi connectivity index (χ1) is 10.00. The van der Waals surface area contributed by atoms with E-state index < -0.39 is 5.72 Å². The molecule has 0 bridgehead atoms. The third-order valence-corrected chi connectivity index (χ3v) is 3.40. The molecule has 1 aliphatic heterocycles. The molecule has 3 rings (SSSR count). The third-order valence-electron chi connectivity index (χ3n) is 3.40. The van der Waals surface area contributed by atoms with Crippen molar-refractivity contribution in [2.45, 2.75) is 19.6 Å². The predicted molar refractivity (Wildman–Crippen MR) is 79.1 cm³/mol. The fourth-order valence-corrected chi connectivity index (χ4v) is 2.46. The second-order valence-corrected chi connectivity index (χ2v) is 5.53. The lowest BCUT2D eigenvalue weighted by molar-refractivity contribution is -0.672. The Balaban J connectivity index is 0.00000176. The normalized spacial score (nSPS) is 14.7. The van der Waals surface area contributed by atoms with E-state index in [0.29, 0.717) is 5.56 Å². The molecule has 0 fully saturated rings. The van der Waals surface area contributed by atoms with Gasteiger partial charge in [-0.2, -0.15) is 9.83 Å². The molecule has 0 unspecified atom stereocenters. The zero-order chi connectivity index (χ0) is 15.0. The SMILES string of the molecule is C[n+]1ccccc1C1=NC(C)(C)Oc2ccc(C#N)cc21.[I-]. The van der Waals surface area contributed by atoms with E-state index in [4.69, 9.17) is 15.0 Å². The third kappa shape index (κ3) is 2.97. The molecule has 0 spiro atoms. The van der Waals surface area contributed by atoms with Crippen LogP contribution in [0.15, 0.2) is 47.6 Å². The molecule has 2 heterocycles. The monoisotopic (exact) mass is 405 g/mol. The van der Waals surface area contributed by atoms with Gasteiger partial charge in [0.15, 0.2) is 11.9 Å². The standard InChI is InChI=1S/C17H16N3O.HI/c1-17(2)19-16(14-6-4-5-9-20(14)3)13-10-12(11-18)7-8-15(13)21-17;/h4-10H,1-3H3;1H/q+1;/p-1. The Hall–Kier alpha value is -1.94. The van der Waals surface area contributed by atoms with Gasteiger partial charge >= 0.3 is 0 Å². The highest BCUT2D eigenvalue weighted by Gasteiger charge is 2.31. The Morgan fingerprint density at radius 1 is 1.23 bits per heavy atom. The van der Waals surface area contributed by atoms with Gasteiger partial charge in [-0.3, -0.25) is 0 Å². The van der Waals surface area contributed by atoms with Crippen LogP contribution in [0.25, 0.3) is 0 Å². The van der Waals surface area contributed by atoms with Gasteiger partial charge in [-0.25, -0.2) is 4.99 Å². The van der Waals surface area contributed by atoms with Gasteiger partial charge in [0.2, 0.25) is 5.69 Å². The van der Waals surface area contributed by atoms with E-state index in [-0.39, 0.29) is 24.0 Å². The number of aryl methyl sites for hydroxylation is 1. The van der Waals surface area contributed by atoms with Crippen molar-refractivity contribution < 1.29 is 33.3 Å². The van der Waals surface area contributed by atoms with Gasteiger partial charge in [-0.05, 0) is 38.1 Å². The predicted octanol–water partition coefficient (Wildman–Crippen LogP) is -0.647. The van der Waals surface area contributed by atoms with Crippen molar-refractivity contribution in [2.24, 2.45) is 12.0 Å². The zero-order valence-corrected chi connectivity index (χ0v) is 14.8. The summed E-state index contributed by atoms with van der Waals surface area (Å²) < 4.78 is 7.92. The van der Waals surface area contributed by atoms with Crippen LogP contribution in [-0.4, -0.2) is 11.4 Å². The minimum atomic E-state index is -0.626. The Bertz CT molecular complexity index is 791. The number of halogens is 1. The van der Waals surface area contributed by atoms with Crippen molar-refractivity contribution in [3.63, 3.8) is 0 Å². The molecule has 0 saturated carbocycles. The molecule has 22 heavy (non-hydrogen) atoms. The number of hydrogen-bond donors (Lipinski definition) is 0. The minimum absolute atomic E-state index is 0. The Morgan fingerprint density at radius 2 is 2.00 bits per heavy atom. The van der Waals surface area contributed by atoms with Crippen LogP contribution in [0.3, 0.4) is 0 Å². The number of hydrogen-bond acceptors (Lipinski definition) is 3. The fourth-order valence-electron chi connectivity index (χ4n) is 2.46. The summed E-state index contributed by atoms with van der Waals surface area (Å²) in [7, 11) is 1.98. The van der Waals surface area contributed by atoms with Gasteiger partial charge in [0, 0.05) is 12.1 Å². The minimum Gasteiger partial charge on any atom is -1.00 e. The largest absolute Gasteiger partial charge is 1.00 e. The summed E-state index contributed by atoms with van der Waals surface area (Å²) in [5.74, 6) is 0.757. The van der Waals surface area contributed by atoms with E-state index in [0.717, 1.165) is 22.7 Å². The van der Waals surface area contributed by atoms with Crippen LogP contribution >= 0.6 is 0 Å². The zero-order valence-electron chi connectivity index (χ0n) is 12.7. The second-order valence-electron chi connectivity index (χ2n) is 5.53. The van der Waals surface area contributed by atoms with E-state index in [2.05, 4.69) is 6.07 Å². The fraction of sp³-hybridized carbons (Fsp3) is 0.235. The van der Waals surface area contributed by atoms with Crippen LogP contribution in [0.1, 0.15) is 30.7 Å². The summed E-state index contributed by atoms with van der Waals surface area (Å²) >= 11 is 0. The van der Waals surface area contributed by atoms with Crippen molar-refractivity contribution in [3.05, 3.63) is 59.4 Å². The second kappa shape index (κ2) is 6.05. The molecule has 1 aliphatic rings. The number of rotatable bonds is 1. The molecule has 0 N–H and O–H groups in total. The summed E-state index contributed by atoms with van der Waals surface area (Å²) in [4.78, 5) is 4.73. The van der Waals surface area contributed by atoms with Gasteiger partial charge in [0.05, 0.1) is 17.2 Å². The van der Waals surface area contributed by atoms with Gasteiger partial charge in [-0.1, -0.05) is 0 Å². The quantitative estimate of drug-likeness (QED) is 0.468. The number of aromatic nitrogens is 1. The molecule has 112 valence electrons. The molecule has 1 aromatic carbocycles.